The van der Waals surface area contributed by atoms with Crippen molar-refractivity contribution in [2.75, 3.05) is 6.54 Å². The molecule has 0 N–H and O–H groups in total. The third-order valence-corrected chi connectivity index (χ3v) is 3.31. The molecule has 1 atom stereocenters. The molecule has 3 heteroatoms. The van der Waals surface area contributed by atoms with Gasteiger partial charge in [0.15, 0.2) is 0 Å². The molecule has 0 spiro atoms. The average Bonchev–Trinajstić information content (AvgIpc) is 2.78. The summed E-state index contributed by atoms with van der Waals surface area (Å²) in [5.74, 6) is 0.0926. The summed E-state index contributed by atoms with van der Waals surface area (Å²) in [7, 11) is 0. The van der Waals surface area contributed by atoms with Gasteiger partial charge in [-0.1, -0.05) is 29.8 Å². The minimum atomic E-state index is 0.0926. The molecule has 1 unspecified atom stereocenters. The van der Waals surface area contributed by atoms with Crippen molar-refractivity contribution in [1.82, 2.24) is 4.90 Å². The van der Waals surface area contributed by atoms with Gasteiger partial charge in [0.05, 0.1) is 6.04 Å². The molecule has 0 aromatic heterocycles. The fraction of sp³-hybridized carbons (Fsp3) is 0.357. The van der Waals surface area contributed by atoms with Crippen molar-refractivity contribution >= 4 is 17.5 Å². The molecule has 90 valence electrons. The van der Waals surface area contributed by atoms with E-state index in [4.69, 9.17) is 11.6 Å². The fourth-order valence-electron chi connectivity index (χ4n) is 2.33. The summed E-state index contributed by atoms with van der Waals surface area (Å²) < 4.78 is 0. The van der Waals surface area contributed by atoms with Crippen LogP contribution < -0.4 is 0 Å². The lowest BCUT2D eigenvalue weighted by Gasteiger charge is -2.24. The molecule has 0 saturated carbocycles. The Labute approximate surface area is 107 Å². The van der Waals surface area contributed by atoms with Crippen molar-refractivity contribution in [3.63, 3.8) is 0 Å². The van der Waals surface area contributed by atoms with E-state index in [0.717, 1.165) is 30.0 Å². The summed E-state index contributed by atoms with van der Waals surface area (Å²) in [5, 5.41) is 0.729. The maximum Gasteiger partial charge on any atom is 0.246 e. The third kappa shape index (κ3) is 2.70. The summed E-state index contributed by atoms with van der Waals surface area (Å²) in [6.07, 6.45) is 5.49. The molecule has 1 aromatic rings. The van der Waals surface area contributed by atoms with E-state index >= 15 is 0 Å². The highest BCUT2D eigenvalue weighted by Gasteiger charge is 2.28. The first-order chi connectivity index (χ1) is 8.22. The van der Waals surface area contributed by atoms with Crippen LogP contribution in [0.5, 0.6) is 0 Å². The molecule has 0 bridgehead atoms. The Morgan fingerprint density at radius 2 is 2.35 bits per heavy atom. The molecule has 1 fully saturated rings. The lowest BCUT2D eigenvalue weighted by Crippen LogP contribution is -2.28. The van der Waals surface area contributed by atoms with Crippen molar-refractivity contribution < 1.29 is 4.79 Å². The average molecular weight is 250 g/mol. The van der Waals surface area contributed by atoms with Gasteiger partial charge in [-0.25, -0.2) is 0 Å². The Balaban J connectivity index is 2.22. The fourth-order valence-corrected chi connectivity index (χ4v) is 2.53. The van der Waals surface area contributed by atoms with E-state index < -0.39 is 0 Å². The first-order valence-corrected chi connectivity index (χ1v) is 6.29. The zero-order valence-electron chi connectivity index (χ0n) is 9.90. The molecular weight excluding hydrogens is 234 g/mol. The van der Waals surface area contributed by atoms with Gasteiger partial charge in [-0.05, 0) is 43.5 Å². The van der Waals surface area contributed by atoms with Crippen molar-refractivity contribution in [2.45, 2.75) is 25.8 Å². The van der Waals surface area contributed by atoms with Crippen molar-refractivity contribution in [2.24, 2.45) is 0 Å². The van der Waals surface area contributed by atoms with Crippen LogP contribution in [0, 0.1) is 0 Å². The van der Waals surface area contributed by atoms with Gasteiger partial charge >= 0.3 is 0 Å². The Morgan fingerprint density at radius 3 is 3.06 bits per heavy atom. The molecule has 2 rings (SSSR count). The number of halogens is 1. The SMILES string of the molecule is CC=CC(=O)N1CCCC1c1cccc(Cl)c1. The number of likely N-dealkylation sites (tertiary alicyclic amines) is 1. The van der Waals surface area contributed by atoms with Gasteiger partial charge < -0.3 is 4.90 Å². The lowest BCUT2D eigenvalue weighted by molar-refractivity contribution is -0.126. The highest BCUT2D eigenvalue weighted by molar-refractivity contribution is 6.30. The summed E-state index contributed by atoms with van der Waals surface area (Å²) in [5.41, 5.74) is 1.13. The van der Waals surface area contributed by atoms with E-state index in [9.17, 15) is 4.79 Å². The van der Waals surface area contributed by atoms with Gasteiger partial charge in [-0.15, -0.1) is 0 Å². The molecule has 1 amide bonds. The van der Waals surface area contributed by atoms with E-state index in [-0.39, 0.29) is 11.9 Å². The van der Waals surface area contributed by atoms with Crippen LogP contribution in [0.15, 0.2) is 36.4 Å². The zero-order chi connectivity index (χ0) is 12.3. The van der Waals surface area contributed by atoms with Gasteiger partial charge in [-0.2, -0.15) is 0 Å². The number of amides is 1. The van der Waals surface area contributed by atoms with Gasteiger partial charge in [0.2, 0.25) is 5.91 Å². The predicted molar refractivity (Wildman–Crippen MR) is 70.0 cm³/mol. The van der Waals surface area contributed by atoms with Crippen molar-refractivity contribution in [3.05, 3.63) is 47.0 Å². The van der Waals surface area contributed by atoms with E-state index in [2.05, 4.69) is 0 Å². The Hall–Kier alpha value is -1.28. The largest absolute Gasteiger partial charge is 0.332 e. The highest BCUT2D eigenvalue weighted by atomic mass is 35.5. The number of hydrogen-bond donors (Lipinski definition) is 0. The molecule has 1 heterocycles. The number of carbonyl (C=O) groups is 1. The molecule has 1 aromatic carbocycles. The molecule has 0 radical (unpaired) electrons. The molecular formula is C14H16ClNO. The Morgan fingerprint density at radius 1 is 1.53 bits per heavy atom. The third-order valence-electron chi connectivity index (χ3n) is 3.08. The van der Waals surface area contributed by atoms with Crippen LogP contribution >= 0.6 is 11.6 Å². The second-order valence-electron chi connectivity index (χ2n) is 4.24. The molecule has 2 nitrogen and oxygen atoms in total. The number of nitrogens with zero attached hydrogens (tertiary/aromatic N) is 1. The topological polar surface area (TPSA) is 20.3 Å². The van der Waals surface area contributed by atoms with E-state index in [1.165, 1.54) is 0 Å². The maximum atomic E-state index is 11.9. The molecule has 1 aliphatic rings. The van der Waals surface area contributed by atoms with Gasteiger partial charge in [0, 0.05) is 11.6 Å². The number of rotatable bonds is 2. The maximum absolute atomic E-state index is 11.9. The summed E-state index contributed by atoms with van der Waals surface area (Å²) in [4.78, 5) is 13.8. The smallest absolute Gasteiger partial charge is 0.246 e. The normalized spacial score (nSPS) is 20.1. The van der Waals surface area contributed by atoms with E-state index in [1.807, 2.05) is 36.1 Å². The molecule has 17 heavy (non-hydrogen) atoms. The second-order valence-corrected chi connectivity index (χ2v) is 4.68. The first kappa shape index (κ1) is 12.2. The first-order valence-electron chi connectivity index (χ1n) is 5.91. The lowest BCUT2D eigenvalue weighted by atomic mass is 10.0. The Bertz CT molecular complexity index is 442. The predicted octanol–water partition coefficient (Wildman–Crippen LogP) is 3.58. The van der Waals surface area contributed by atoms with E-state index in [0.29, 0.717) is 0 Å². The van der Waals surface area contributed by atoms with Gasteiger partial charge in [0.1, 0.15) is 0 Å². The quantitative estimate of drug-likeness (QED) is 0.734. The zero-order valence-corrected chi connectivity index (χ0v) is 10.7. The van der Waals surface area contributed by atoms with Crippen LogP contribution in [0.2, 0.25) is 5.02 Å². The summed E-state index contributed by atoms with van der Waals surface area (Å²) in [6.45, 7) is 2.70. The standard InChI is InChI=1S/C14H16ClNO/c1-2-5-14(17)16-9-4-8-13(16)11-6-3-7-12(15)10-11/h2-3,5-7,10,13H,4,8-9H2,1H3. The van der Waals surface area contributed by atoms with Crippen LogP contribution in [0.3, 0.4) is 0 Å². The second kappa shape index (κ2) is 5.37. The number of carbonyl (C=O) groups excluding carboxylic acids is 1. The monoisotopic (exact) mass is 249 g/mol. The highest BCUT2D eigenvalue weighted by Crippen LogP contribution is 2.33. The van der Waals surface area contributed by atoms with Gasteiger partial charge in [-0.3, -0.25) is 4.79 Å². The summed E-state index contributed by atoms with van der Waals surface area (Å²) >= 11 is 5.99. The number of hydrogen-bond acceptors (Lipinski definition) is 1. The van der Waals surface area contributed by atoms with E-state index in [1.54, 1.807) is 12.2 Å². The number of benzene rings is 1. The van der Waals surface area contributed by atoms with Crippen LogP contribution in [0.25, 0.3) is 0 Å². The van der Waals surface area contributed by atoms with Crippen LogP contribution in [-0.2, 0) is 4.79 Å². The molecule has 0 aliphatic carbocycles. The minimum Gasteiger partial charge on any atom is -0.332 e. The van der Waals surface area contributed by atoms with Crippen LogP contribution in [0.1, 0.15) is 31.4 Å². The minimum absolute atomic E-state index is 0.0926. The van der Waals surface area contributed by atoms with Gasteiger partial charge in [0.25, 0.3) is 0 Å². The molecule has 1 aliphatic heterocycles. The van der Waals surface area contributed by atoms with Crippen LogP contribution in [0.4, 0.5) is 0 Å². The molecule has 1 saturated heterocycles. The van der Waals surface area contributed by atoms with Crippen molar-refractivity contribution in [1.29, 1.82) is 0 Å². The van der Waals surface area contributed by atoms with Crippen LogP contribution in [-0.4, -0.2) is 17.4 Å². The number of allylic oxidation sites excluding steroid dienone is 1. The van der Waals surface area contributed by atoms with Crippen molar-refractivity contribution in [3.8, 4) is 0 Å². The summed E-state index contributed by atoms with van der Waals surface area (Å²) in [6, 6.07) is 7.97. The Kier molecular flexibility index (Phi) is 3.85.